The molecule has 22 nitrogen and oxygen atoms in total. The first-order valence-corrected chi connectivity index (χ1v) is 47.2. The van der Waals surface area contributed by atoms with Crippen molar-refractivity contribution in [2.24, 2.45) is 5.73 Å². The van der Waals surface area contributed by atoms with Crippen LogP contribution < -0.4 is 14.9 Å². The van der Waals surface area contributed by atoms with Crippen molar-refractivity contribution in [3.8, 4) is 56.2 Å². The van der Waals surface area contributed by atoms with Crippen LogP contribution in [0.4, 0.5) is 35.0 Å². The molecule has 16 rings (SSSR count). The fraction of sp³-hybridized carbons (Fsp3) is 0.239. The molecule has 0 radical (unpaired) electrons. The molecule has 119 heavy (non-hydrogen) atoms. The first-order chi connectivity index (χ1) is 57.1. The maximum absolute atomic E-state index is 13.9. The Bertz CT molecular complexity index is 6260. The van der Waals surface area contributed by atoms with Crippen molar-refractivity contribution >= 4 is 120 Å². The maximum atomic E-state index is 13.9. The van der Waals surface area contributed by atoms with Crippen LogP contribution in [0.1, 0.15) is 115 Å². The number of primary amides is 1. The van der Waals surface area contributed by atoms with E-state index in [-0.39, 0.29) is 16.0 Å². The summed E-state index contributed by atoms with van der Waals surface area (Å²) < 4.78 is 79.4. The molecule has 0 aromatic carbocycles. The number of carbonyl (C=O) groups is 1. The Morgan fingerprint density at radius 1 is 0.479 bits per heavy atom. The molecule has 1 aliphatic rings. The van der Waals surface area contributed by atoms with Crippen molar-refractivity contribution in [1.29, 1.82) is 0 Å². The molecule has 0 bridgehead atoms. The average molecular weight is 1810 g/mol. The van der Waals surface area contributed by atoms with E-state index in [4.69, 9.17) is 62.9 Å². The number of pyridine rings is 11. The van der Waals surface area contributed by atoms with Crippen LogP contribution in [-0.2, 0) is 9.31 Å². The zero-order valence-corrected chi connectivity index (χ0v) is 72.9. The van der Waals surface area contributed by atoms with Crippen LogP contribution in [0, 0.1) is 63.8 Å². The molecular weight excluding hydrogens is 1730 g/mol. The number of unbranched alkanes of at least 4 members (excludes halogenated alkanes) is 3. The fourth-order valence-electron chi connectivity index (χ4n) is 13.2. The van der Waals surface area contributed by atoms with Gasteiger partial charge >= 0.3 is 138 Å². The van der Waals surface area contributed by atoms with Gasteiger partial charge in [-0.3, -0.25) is 29.1 Å². The minimum absolute atomic E-state index is 0.199. The van der Waals surface area contributed by atoms with E-state index >= 15 is 0 Å². The molecule has 1 saturated heterocycles. The minimum Gasteiger partial charge on any atom is -0.364 e. The molecular formula is C88H83BBrCl2F4N19O3Sn. The molecule has 15 aromatic rings. The summed E-state index contributed by atoms with van der Waals surface area (Å²) in [7, 11) is -0.685. The van der Waals surface area contributed by atoms with Crippen molar-refractivity contribution < 1.29 is 31.7 Å². The Balaban J connectivity index is 0.000000142. The van der Waals surface area contributed by atoms with Gasteiger partial charge in [-0.25, -0.2) is 60.7 Å². The van der Waals surface area contributed by atoms with E-state index < -0.39 is 65.9 Å². The van der Waals surface area contributed by atoms with Gasteiger partial charge in [-0.15, -0.1) is 0 Å². The van der Waals surface area contributed by atoms with Gasteiger partial charge in [-0.2, -0.15) is 0 Å². The Labute approximate surface area is 709 Å². The van der Waals surface area contributed by atoms with Gasteiger partial charge in [-0.05, 0) is 136 Å². The zero-order valence-electron chi connectivity index (χ0n) is 67.0. The number of fused-ring (bicyclic) bond motifs is 4. The largest absolute Gasteiger partial charge is 0.364 e. The number of amides is 1. The standard InChI is InChI=1S/C19H14FN5O.C19H12FN5.C13H6ClFN4.C11H14BClFNO2.C8H4BrN3.C6H6N.3C4H9.Sn/c1-11-3-2-4-15(24-11)18-14(7-13(20)8-23-18)12-5-6-17-22-9-16(19(21)26)25(17)10-12;1-12-4-3-5-16(24-12)19-15(8-14(20)9-23-19)13-6-7-17-22-10-18(21-2)25(17)11-13;1-16-12-6-17-11-3-2-8(7-19(11)12)10-4-9(15)5-18-13(10)14;1-10(2)11(3,4)17-12(16-10)8-5-7(14)6-15-9(8)13;1-10-8-4-11-7-3-2-6(9)5-12(7)8;1-6-4-2-3-5-7-6;3*1-3-4-2;/h2-10H,1H3,(H2,21,26);3-11H,1H3;2-7H;5-6H,1-4H3;2-5H;2-4H,1H3;3*1,3-4H2,2H3;. The number of nitrogens with two attached hydrogens (primary N) is 1. The molecule has 0 spiro atoms. The summed E-state index contributed by atoms with van der Waals surface area (Å²) in [6, 6.07) is 37.8. The summed E-state index contributed by atoms with van der Waals surface area (Å²) in [5, 5.41) is 0.412. The summed E-state index contributed by atoms with van der Waals surface area (Å²) in [6.07, 6.45) is 25.7. The SMILES string of the molecule is CC1(C)OB(c2cc(F)cnc2Cl)OC1(C)C.CCC[CH2][Sn]([CH2]CCC)([CH2]CCC)[c]1cccc(C)n1.Cc1cccc(-c2ncc(F)cc2-c2ccc3ncc(C(N)=O)n3c2)n1.[C-]#[N+]c1cnc2ccc(-c3cc(F)cnc3-c3cccc(C)n3)cn12.[C-]#[N+]c1cnc2ccc(-c3cc(F)cnc3Cl)cn12.[C-]#[N+]c1cnc2ccc(Br)cn12. The van der Waals surface area contributed by atoms with Crippen LogP contribution in [0.25, 0.3) is 93.3 Å². The zero-order chi connectivity index (χ0) is 85.3. The first-order valence-electron chi connectivity index (χ1n) is 38.2. The Kier molecular flexibility index (Phi) is 29.4. The van der Waals surface area contributed by atoms with Crippen molar-refractivity contribution in [1.82, 2.24) is 72.4 Å². The summed E-state index contributed by atoms with van der Waals surface area (Å²) in [5.41, 5.74) is 16.9. The van der Waals surface area contributed by atoms with Crippen molar-refractivity contribution in [2.75, 3.05) is 0 Å². The number of rotatable bonds is 17. The molecule has 1 aliphatic heterocycles. The fourth-order valence-corrected chi connectivity index (χ4v) is 29.5. The van der Waals surface area contributed by atoms with E-state index in [0.29, 0.717) is 90.5 Å². The number of carbonyl (C=O) groups excluding carboxylic acids is 1. The maximum Gasteiger partial charge on any atom is 0.267 e. The summed E-state index contributed by atoms with van der Waals surface area (Å²) >= 11 is 13.0. The Hall–Kier alpha value is -11.7. The van der Waals surface area contributed by atoms with Gasteiger partial charge in [0.2, 0.25) is 16.9 Å². The van der Waals surface area contributed by atoms with Gasteiger partial charge in [0, 0.05) is 74.6 Å². The first kappa shape index (κ1) is 88.1. The predicted molar refractivity (Wildman–Crippen MR) is 465 cm³/mol. The monoisotopic (exact) mass is 1810 g/mol. The van der Waals surface area contributed by atoms with E-state index in [2.05, 4.69) is 126 Å². The van der Waals surface area contributed by atoms with Gasteiger partial charge in [0.05, 0.1) is 107 Å². The smallest absolute Gasteiger partial charge is 0.267 e. The molecule has 0 unspecified atom stereocenters. The van der Waals surface area contributed by atoms with Gasteiger partial charge < -0.3 is 29.6 Å². The predicted octanol–water partition coefficient (Wildman–Crippen LogP) is 21.5. The van der Waals surface area contributed by atoms with Crippen LogP contribution in [-0.4, -0.2) is 115 Å². The van der Waals surface area contributed by atoms with Crippen LogP contribution in [0.5, 0.6) is 0 Å². The van der Waals surface area contributed by atoms with Crippen molar-refractivity contribution in [3.05, 3.63) is 297 Å². The number of hydrogen-bond acceptors (Lipinski definition) is 14. The van der Waals surface area contributed by atoms with E-state index in [1.165, 1.54) is 107 Å². The van der Waals surface area contributed by atoms with Crippen LogP contribution in [0.2, 0.25) is 23.6 Å². The molecule has 0 saturated carbocycles. The number of imidazole rings is 4. The van der Waals surface area contributed by atoms with E-state index in [0.717, 1.165) is 45.7 Å². The van der Waals surface area contributed by atoms with Gasteiger partial charge in [0.25, 0.3) is 23.4 Å². The second-order valence-corrected chi connectivity index (χ2v) is 43.7. The third-order valence-electron chi connectivity index (χ3n) is 20.0. The van der Waals surface area contributed by atoms with E-state index in [9.17, 15) is 22.4 Å². The van der Waals surface area contributed by atoms with Crippen LogP contribution in [0.15, 0.2) is 206 Å². The molecule has 0 atom stereocenters. The summed E-state index contributed by atoms with van der Waals surface area (Å²) in [5.74, 6) is -1.08. The normalized spacial score (nSPS) is 12.5. The third-order valence-corrected chi connectivity index (χ3v) is 36.2. The van der Waals surface area contributed by atoms with Crippen LogP contribution >= 0.6 is 39.1 Å². The average Bonchev–Trinajstić information content (AvgIpc) is 1.70. The molecule has 604 valence electrons. The molecule has 16 heterocycles. The van der Waals surface area contributed by atoms with Crippen molar-refractivity contribution in [2.45, 2.75) is 132 Å². The van der Waals surface area contributed by atoms with E-state index in [1.807, 2.05) is 102 Å². The Morgan fingerprint density at radius 2 is 0.857 bits per heavy atom. The number of aryl methyl sites for hydroxylation is 3. The van der Waals surface area contributed by atoms with Gasteiger partial charge in [-0.1, -0.05) is 55.1 Å². The second kappa shape index (κ2) is 39.7. The molecule has 1 fully saturated rings. The molecule has 2 N–H and O–H groups in total. The quantitative estimate of drug-likeness (QED) is 0.0387. The molecule has 0 aliphatic carbocycles. The molecule has 1 amide bonds. The number of nitrogens with zero attached hydrogens (tertiary/aromatic N) is 18. The summed E-state index contributed by atoms with van der Waals surface area (Å²) in [6.45, 7) is 41.8. The topological polar surface area (TPSA) is 234 Å². The minimum atomic E-state index is -2.25. The van der Waals surface area contributed by atoms with Crippen molar-refractivity contribution in [3.63, 3.8) is 0 Å². The number of halogens is 7. The molecule has 15 aromatic heterocycles. The Morgan fingerprint density at radius 3 is 1.29 bits per heavy atom. The second-order valence-electron chi connectivity index (χ2n) is 29.0. The third kappa shape index (κ3) is 21.4. The number of hydrogen-bond donors (Lipinski definition) is 1. The van der Waals surface area contributed by atoms with Gasteiger partial charge in [0.1, 0.15) is 44.9 Å². The van der Waals surface area contributed by atoms with Crippen LogP contribution in [0.3, 0.4) is 0 Å². The summed E-state index contributed by atoms with van der Waals surface area (Å²) in [4.78, 5) is 68.2. The molecule has 31 heteroatoms. The van der Waals surface area contributed by atoms with Gasteiger partial charge in [0.15, 0.2) is 0 Å². The van der Waals surface area contributed by atoms with E-state index in [1.54, 1.807) is 76.4 Å². The number of aromatic nitrogens is 15.